The largest absolute Gasteiger partial charge is 0.496 e. The van der Waals surface area contributed by atoms with Crippen LogP contribution in [-0.4, -0.2) is 57.4 Å². The fourth-order valence-corrected chi connectivity index (χ4v) is 4.12. The standard InChI is InChI=1S/C27H27F3N4O5/c1-16(2)39-25(36)15-33-14-19(12-32-33)17-6-8-34-20(13-31-24(34)11-17)18-9-22(37-3)26(23(10-18)38-4)21(35)5-7-27(28,29)30/h6,8-14,16H,5,7,15H2,1-4H3. The van der Waals surface area contributed by atoms with Gasteiger partial charge in [-0.1, -0.05) is 0 Å². The molecule has 0 saturated carbocycles. The molecule has 206 valence electrons. The first-order valence-corrected chi connectivity index (χ1v) is 12.0. The van der Waals surface area contributed by atoms with Gasteiger partial charge in [0.15, 0.2) is 5.78 Å². The molecule has 0 unspecified atom stereocenters. The second kappa shape index (κ2) is 11.2. The highest BCUT2D eigenvalue weighted by Gasteiger charge is 2.30. The van der Waals surface area contributed by atoms with Crippen molar-refractivity contribution in [2.45, 2.75) is 45.5 Å². The van der Waals surface area contributed by atoms with E-state index in [0.717, 1.165) is 11.1 Å². The van der Waals surface area contributed by atoms with Crippen LogP contribution in [0.2, 0.25) is 0 Å². The maximum Gasteiger partial charge on any atom is 0.389 e. The first kappa shape index (κ1) is 27.7. The first-order valence-electron chi connectivity index (χ1n) is 12.0. The van der Waals surface area contributed by atoms with E-state index in [9.17, 15) is 22.8 Å². The van der Waals surface area contributed by atoms with Gasteiger partial charge in [0.1, 0.15) is 29.3 Å². The minimum atomic E-state index is -4.45. The van der Waals surface area contributed by atoms with Crippen LogP contribution in [-0.2, 0) is 16.1 Å². The Morgan fingerprint density at radius 3 is 2.31 bits per heavy atom. The van der Waals surface area contributed by atoms with Gasteiger partial charge >= 0.3 is 12.1 Å². The number of benzene rings is 1. The molecule has 12 heteroatoms. The van der Waals surface area contributed by atoms with Crippen LogP contribution in [0.25, 0.3) is 28.0 Å². The lowest BCUT2D eigenvalue weighted by Crippen LogP contribution is -2.17. The van der Waals surface area contributed by atoms with Crippen molar-refractivity contribution in [2.75, 3.05) is 14.2 Å². The Kier molecular flexibility index (Phi) is 7.93. The third-order valence-corrected chi connectivity index (χ3v) is 5.85. The summed E-state index contributed by atoms with van der Waals surface area (Å²) in [5.74, 6) is -0.904. The summed E-state index contributed by atoms with van der Waals surface area (Å²) in [6, 6.07) is 6.85. The number of carbonyl (C=O) groups is 2. The molecule has 0 fully saturated rings. The van der Waals surface area contributed by atoms with Gasteiger partial charge in [0.25, 0.3) is 0 Å². The molecule has 4 rings (SSSR count). The predicted octanol–water partition coefficient (Wildman–Crippen LogP) is 5.36. The third kappa shape index (κ3) is 6.39. The quantitative estimate of drug-likeness (QED) is 0.196. The van der Waals surface area contributed by atoms with Gasteiger partial charge in [-0.15, -0.1) is 0 Å². The molecule has 0 N–H and O–H groups in total. The van der Waals surface area contributed by atoms with E-state index in [1.165, 1.54) is 18.9 Å². The van der Waals surface area contributed by atoms with Crippen LogP contribution in [0.4, 0.5) is 13.2 Å². The highest BCUT2D eigenvalue weighted by atomic mass is 19.4. The number of aromatic nitrogens is 4. The molecule has 39 heavy (non-hydrogen) atoms. The monoisotopic (exact) mass is 544 g/mol. The van der Waals surface area contributed by atoms with Crippen LogP contribution >= 0.6 is 0 Å². The van der Waals surface area contributed by atoms with Gasteiger partial charge in [-0.2, -0.15) is 18.3 Å². The molecular formula is C27H27F3N4O5. The number of nitrogens with zero attached hydrogens (tertiary/aromatic N) is 4. The SMILES string of the molecule is COc1cc(-c2cnc3cc(-c4cnn(CC(=O)OC(C)C)c4)ccn23)cc(OC)c1C(=O)CCC(F)(F)F. The van der Waals surface area contributed by atoms with E-state index in [-0.39, 0.29) is 35.7 Å². The molecule has 0 aliphatic rings. The lowest BCUT2D eigenvalue weighted by atomic mass is 10.0. The molecule has 0 atom stereocenters. The highest BCUT2D eigenvalue weighted by Crippen LogP contribution is 2.37. The Morgan fingerprint density at radius 2 is 1.69 bits per heavy atom. The number of alkyl halides is 3. The number of carbonyl (C=O) groups excluding carboxylic acids is 2. The van der Waals surface area contributed by atoms with Crippen molar-refractivity contribution in [1.29, 1.82) is 0 Å². The molecule has 0 bridgehead atoms. The number of Topliss-reactive ketones (excluding diaryl/α,β-unsaturated/α-hetero) is 1. The second-order valence-electron chi connectivity index (χ2n) is 9.05. The van der Waals surface area contributed by atoms with Gasteiger partial charge in [-0.3, -0.25) is 18.7 Å². The van der Waals surface area contributed by atoms with Gasteiger partial charge in [-0.05, 0) is 43.7 Å². The summed E-state index contributed by atoms with van der Waals surface area (Å²) in [4.78, 5) is 29.0. The second-order valence-corrected chi connectivity index (χ2v) is 9.05. The molecule has 9 nitrogen and oxygen atoms in total. The molecule has 0 spiro atoms. The van der Waals surface area contributed by atoms with E-state index in [0.29, 0.717) is 16.9 Å². The van der Waals surface area contributed by atoms with Crippen LogP contribution in [0, 0.1) is 0 Å². The molecule has 4 aromatic rings. The number of fused-ring (bicyclic) bond motifs is 1. The van der Waals surface area contributed by atoms with Crippen LogP contribution in [0.3, 0.4) is 0 Å². The number of imidazole rings is 1. The van der Waals surface area contributed by atoms with Gasteiger partial charge < -0.3 is 14.2 Å². The van der Waals surface area contributed by atoms with E-state index in [1.54, 1.807) is 50.8 Å². The Bertz CT molecular complexity index is 1480. The smallest absolute Gasteiger partial charge is 0.389 e. The van der Waals surface area contributed by atoms with E-state index >= 15 is 0 Å². The minimum absolute atomic E-state index is 0.00762. The minimum Gasteiger partial charge on any atom is -0.496 e. The lowest BCUT2D eigenvalue weighted by Gasteiger charge is -2.15. The van der Waals surface area contributed by atoms with Gasteiger partial charge in [-0.25, -0.2) is 4.98 Å². The van der Waals surface area contributed by atoms with Crippen molar-refractivity contribution in [1.82, 2.24) is 19.2 Å². The number of pyridine rings is 1. The molecule has 0 aliphatic heterocycles. The molecule has 0 saturated heterocycles. The number of halogens is 3. The number of hydrogen-bond donors (Lipinski definition) is 0. The zero-order chi connectivity index (χ0) is 28.3. The van der Waals surface area contributed by atoms with Crippen molar-refractivity contribution in [3.8, 4) is 33.9 Å². The maximum atomic E-state index is 12.7. The molecular weight excluding hydrogens is 517 g/mol. The fraction of sp³-hybridized carbons (Fsp3) is 0.333. The average molecular weight is 545 g/mol. The number of hydrogen-bond acceptors (Lipinski definition) is 7. The summed E-state index contributed by atoms with van der Waals surface area (Å²) >= 11 is 0. The molecule has 0 radical (unpaired) electrons. The summed E-state index contributed by atoms with van der Waals surface area (Å²) in [5.41, 5.74) is 3.41. The van der Waals surface area contributed by atoms with Crippen molar-refractivity contribution >= 4 is 17.4 Å². The van der Waals surface area contributed by atoms with Crippen LogP contribution in [0.15, 0.2) is 49.1 Å². The molecule has 3 aromatic heterocycles. The predicted molar refractivity (Wildman–Crippen MR) is 136 cm³/mol. The summed E-state index contributed by atoms with van der Waals surface area (Å²) in [5, 5.41) is 4.23. The van der Waals surface area contributed by atoms with Gasteiger partial charge in [0.05, 0.1) is 44.8 Å². The topological polar surface area (TPSA) is 97.0 Å². The summed E-state index contributed by atoms with van der Waals surface area (Å²) in [7, 11) is 2.67. The zero-order valence-corrected chi connectivity index (χ0v) is 21.8. The highest BCUT2D eigenvalue weighted by molar-refractivity contribution is 6.02. The van der Waals surface area contributed by atoms with Crippen LogP contribution in [0.5, 0.6) is 11.5 Å². The van der Waals surface area contributed by atoms with Crippen molar-refractivity contribution in [2.24, 2.45) is 0 Å². The number of ether oxygens (including phenoxy) is 3. The first-order chi connectivity index (χ1) is 18.5. The molecule has 0 amide bonds. The summed E-state index contributed by atoms with van der Waals surface area (Å²) in [6.45, 7) is 3.55. The Labute approximate surface area is 222 Å². The molecule has 0 aliphatic carbocycles. The average Bonchev–Trinajstić information content (AvgIpc) is 3.52. The van der Waals surface area contributed by atoms with E-state index in [4.69, 9.17) is 14.2 Å². The van der Waals surface area contributed by atoms with Gasteiger partial charge in [0, 0.05) is 29.9 Å². The Morgan fingerprint density at radius 1 is 1.00 bits per heavy atom. The third-order valence-electron chi connectivity index (χ3n) is 5.85. The van der Waals surface area contributed by atoms with Crippen LogP contribution in [0.1, 0.15) is 37.0 Å². The van der Waals surface area contributed by atoms with E-state index in [2.05, 4.69) is 10.1 Å². The van der Waals surface area contributed by atoms with Crippen molar-refractivity contribution in [3.63, 3.8) is 0 Å². The van der Waals surface area contributed by atoms with Crippen LogP contribution < -0.4 is 9.47 Å². The Balaban J connectivity index is 1.63. The molecule has 1 aromatic carbocycles. The van der Waals surface area contributed by atoms with Crippen molar-refractivity contribution in [3.05, 3.63) is 54.6 Å². The number of rotatable bonds is 10. The summed E-state index contributed by atoms with van der Waals surface area (Å²) < 4.78 is 57.2. The summed E-state index contributed by atoms with van der Waals surface area (Å²) in [6.07, 6.45) is 0.187. The number of esters is 1. The zero-order valence-electron chi connectivity index (χ0n) is 21.8. The lowest BCUT2D eigenvalue weighted by molar-refractivity contribution is -0.148. The van der Waals surface area contributed by atoms with Crippen molar-refractivity contribution < 1.29 is 37.0 Å². The number of methoxy groups -OCH3 is 2. The number of ketones is 1. The molecule has 3 heterocycles. The van der Waals surface area contributed by atoms with Gasteiger partial charge in [0.2, 0.25) is 0 Å². The normalized spacial score (nSPS) is 11.7. The van der Waals surface area contributed by atoms with E-state index in [1.807, 2.05) is 16.5 Å². The Hall–Kier alpha value is -4.35. The maximum absolute atomic E-state index is 12.7. The fourth-order valence-electron chi connectivity index (χ4n) is 4.12. The van der Waals surface area contributed by atoms with E-state index < -0.39 is 24.8 Å².